The molecule has 102 valence electrons. The Morgan fingerprint density at radius 2 is 2.32 bits per heavy atom. The van der Waals surface area contributed by atoms with Gasteiger partial charge < -0.3 is 19.4 Å². The summed E-state index contributed by atoms with van der Waals surface area (Å²) in [4.78, 5) is 4.34. The predicted molar refractivity (Wildman–Crippen MR) is 70.4 cm³/mol. The Kier molecular flexibility index (Phi) is 3.66. The van der Waals surface area contributed by atoms with Crippen molar-refractivity contribution in [1.82, 2.24) is 14.9 Å². The van der Waals surface area contributed by atoms with Gasteiger partial charge in [0.15, 0.2) is 0 Å². The lowest BCUT2D eigenvalue weighted by Crippen LogP contribution is -2.29. The van der Waals surface area contributed by atoms with E-state index in [1.807, 2.05) is 18.3 Å². The molecule has 0 spiro atoms. The second kappa shape index (κ2) is 5.59. The van der Waals surface area contributed by atoms with Crippen LogP contribution in [-0.2, 0) is 26.1 Å². The van der Waals surface area contributed by atoms with Crippen molar-refractivity contribution in [2.75, 3.05) is 6.54 Å². The maximum absolute atomic E-state index is 8.93. The number of furan rings is 1. The van der Waals surface area contributed by atoms with Gasteiger partial charge in [-0.3, -0.25) is 0 Å². The lowest BCUT2D eigenvalue weighted by molar-refractivity contribution is 0.242. The maximum Gasteiger partial charge on any atom is 0.129 e. The number of aliphatic hydroxyl groups excluding tert-OH is 1. The van der Waals surface area contributed by atoms with Crippen LogP contribution in [0.4, 0.5) is 0 Å². The van der Waals surface area contributed by atoms with Crippen LogP contribution in [0.25, 0.3) is 0 Å². The van der Waals surface area contributed by atoms with Crippen molar-refractivity contribution < 1.29 is 9.52 Å². The van der Waals surface area contributed by atoms with Crippen LogP contribution in [0.15, 0.2) is 28.9 Å². The molecule has 0 saturated heterocycles. The normalized spacial score (nSPS) is 18.5. The zero-order chi connectivity index (χ0) is 13.1. The van der Waals surface area contributed by atoms with E-state index in [2.05, 4.69) is 21.1 Å². The molecule has 1 aliphatic heterocycles. The Bertz CT molecular complexity index is 532. The average molecular weight is 261 g/mol. The molecule has 2 aromatic heterocycles. The summed E-state index contributed by atoms with van der Waals surface area (Å²) in [7, 11) is 0. The fraction of sp³-hybridized carbons (Fsp3) is 0.500. The molecule has 2 N–H and O–H groups in total. The number of aromatic nitrogens is 2. The first-order valence-electron chi connectivity index (χ1n) is 6.74. The van der Waals surface area contributed by atoms with Gasteiger partial charge in [0.2, 0.25) is 0 Å². The van der Waals surface area contributed by atoms with Gasteiger partial charge in [0.25, 0.3) is 0 Å². The van der Waals surface area contributed by atoms with Crippen molar-refractivity contribution in [2.24, 2.45) is 5.92 Å². The minimum atomic E-state index is -0.0357. The number of imidazole rings is 1. The summed E-state index contributed by atoms with van der Waals surface area (Å²) in [6.07, 6.45) is 6.19. The molecule has 0 bridgehead atoms. The molecule has 0 aromatic carbocycles. The molecular formula is C14H19N3O2. The molecule has 3 heterocycles. The van der Waals surface area contributed by atoms with E-state index < -0.39 is 0 Å². The first-order chi connectivity index (χ1) is 9.35. The lowest BCUT2D eigenvalue weighted by atomic mass is 9.99. The number of aliphatic hydroxyl groups is 1. The van der Waals surface area contributed by atoms with E-state index in [0.29, 0.717) is 18.2 Å². The molecule has 0 fully saturated rings. The highest BCUT2D eigenvalue weighted by atomic mass is 16.4. The summed E-state index contributed by atoms with van der Waals surface area (Å²) in [5.41, 5.74) is 0. The fourth-order valence-corrected chi connectivity index (χ4v) is 2.61. The third-order valence-electron chi connectivity index (χ3n) is 3.64. The van der Waals surface area contributed by atoms with Crippen LogP contribution in [0, 0.1) is 5.92 Å². The van der Waals surface area contributed by atoms with Crippen LogP contribution in [0.5, 0.6) is 0 Å². The Labute approximate surface area is 112 Å². The standard InChI is InChI=1S/C14H19N3O2/c18-10-13-3-2-12(19-13)8-15-7-11-1-4-14-16-5-6-17(14)9-11/h2-3,5-6,11,15,18H,1,4,7-10H2/t11-/m1/s1. The summed E-state index contributed by atoms with van der Waals surface area (Å²) in [6.45, 7) is 2.70. The molecule has 19 heavy (non-hydrogen) atoms. The summed E-state index contributed by atoms with van der Waals surface area (Å²) in [5, 5.41) is 12.4. The zero-order valence-corrected chi connectivity index (χ0v) is 10.9. The molecule has 1 aliphatic rings. The number of nitrogens with one attached hydrogen (secondary N) is 1. The van der Waals surface area contributed by atoms with Gasteiger partial charge in [0, 0.05) is 31.9 Å². The van der Waals surface area contributed by atoms with E-state index in [1.54, 1.807) is 0 Å². The van der Waals surface area contributed by atoms with E-state index in [0.717, 1.165) is 25.3 Å². The first-order valence-corrected chi connectivity index (χ1v) is 6.74. The molecule has 3 rings (SSSR count). The van der Waals surface area contributed by atoms with Crippen molar-refractivity contribution in [3.05, 3.63) is 41.9 Å². The highest BCUT2D eigenvalue weighted by molar-refractivity contribution is 5.06. The van der Waals surface area contributed by atoms with Gasteiger partial charge in [-0.15, -0.1) is 0 Å². The van der Waals surface area contributed by atoms with E-state index in [1.165, 1.54) is 12.2 Å². The summed E-state index contributed by atoms with van der Waals surface area (Å²) < 4.78 is 7.68. The molecule has 0 amide bonds. The highest BCUT2D eigenvalue weighted by Crippen LogP contribution is 2.18. The largest absolute Gasteiger partial charge is 0.462 e. The summed E-state index contributed by atoms with van der Waals surface area (Å²) >= 11 is 0. The SMILES string of the molecule is OCc1ccc(CNC[C@H]2CCc3nccn3C2)o1. The lowest BCUT2D eigenvalue weighted by Gasteiger charge is -2.23. The smallest absolute Gasteiger partial charge is 0.129 e. The van der Waals surface area contributed by atoms with Crippen LogP contribution in [-0.4, -0.2) is 21.2 Å². The van der Waals surface area contributed by atoms with E-state index in [4.69, 9.17) is 9.52 Å². The predicted octanol–water partition coefficient (Wildman–Crippen LogP) is 1.32. The quantitative estimate of drug-likeness (QED) is 0.852. The maximum atomic E-state index is 8.93. The highest BCUT2D eigenvalue weighted by Gasteiger charge is 2.18. The summed E-state index contributed by atoms with van der Waals surface area (Å²) in [5.74, 6) is 3.35. The second-order valence-corrected chi connectivity index (χ2v) is 5.06. The molecule has 1 atom stereocenters. The van der Waals surface area contributed by atoms with Crippen molar-refractivity contribution in [3.8, 4) is 0 Å². The first kappa shape index (κ1) is 12.4. The molecule has 2 aromatic rings. The number of nitrogens with zero attached hydrogens (tertiary/aromatic N) is 2. The molecule has 5 nitrogen and oxygen atoms in total. The van der Waals surface area contributed by atoms with Crippen LogP contribution in [0.1, 0.15) is 23.8 Å². The molecular weight excluding hydrogens is 242 g/mol. The van der Waals surface area contributed by atoms with Crippen LogP contribution in [0.3, 0.4) is 0 Å². The average Bonchev–Trinajstić information content (AvgIpc) is 3.06. The van der Waals surface area contributed by atoms with Crippen LogP contribution < -0.4 is 5.32 Å². The van der Waals surface area contributed by atoms with Crippen LogP contribution >= 0.6 is 0 Å². The summed E-state index contributed by atoms with van der Waals surface area (Å²) in [6, 6.07) is 3.72. The molecule has 0 aliphatic carbocycles. The molecule has 0 radical (unpaired) electrons. The van der Waals surface area contributed by atoms with Gasteiger partial charge in [0.1, 0.15) is 24.0 Å². The van der Waals surface area contributed by atoms with Crippen molar-refractivity contribution in [1.29, 1.82) is 0 Å². The van der Waals surface area contributed by atoms with Gasteiger partial charge in [-0.2, -0.15) is 0 Å². The Hall–Kier alpha value is -1.59. The number of hydrogen-bond donors (Lipinski definition) is 2. The molecule has 5 heteroatoms. The number of hydrogen-bond acceptors (Lipinski definition) is 4. The van der Waals surface area contributed by atoms with Crippen molar-refractivity contribution >= 4 is 0 Å². The van der Waals surface area contributed by atoms with E-state index >= 15 is 0 Å². The number of rotatable bonds is 5. The Morgan fingerprint density at radius 1 is 1.42 bits per heavy atom. The van der Waals surface area contributed by atoms with E-state index in [-0.39, 0.29) is 6.61 Å². The van der Waals surface area contributed by atoms with Crippen molar-refractivity contribution in [2.45, 2.75) is 32.5 Å². The third-order valence-corrected chi connectivity index (χ3v) is 3.64. The molecule has 0 saturated carbocycles. The number of aryl methyl sites for hydroxylation is 1. The van der Waals surface area contributed by atoms with Gasteiger partial charge >= 0.3 is 0 Å². The molecule has 0 unspecified atom stereocenters. The van der Waals surface area contributed by atoms with Gasteiger partial charge in [-0.1, -0.05) is 0 Å². The second-order valence-electron chi connectivity index (χ2n) is 5.06. The minimum absolute atomic E-state index is 0.0357. The minimum Gasteiger partial charge on any atom is -0.462 e. The Balaban J connectivity index is 1.46. The zero-order valence-electron chi connectivity index (χ0n) is 10.9. The van der Waals surface area contributed by atoms with Gasteiger partial charge in [-0.25, -0.2) is 4.98 Å². The van der Waals surface area contributed by atoms with Gasteiger partial charge in [0.05, 0.1) is 6.54 Å². The topological polar surface area (TPSA) is 63.2 Å². The van der Waals surface area contributed by atoms with Crippen LogP contribution in [0.2, 0.25) is 0 Å². The number of fused-ring (bicyclic) bond motifs is 1. The van der Waals surface area contributed by atoms with Crippen molar-refractivity contribution in [3.63, 3.8) is 0 Å². The van der Waals surface area contributed by atoms with E-state index in [9.17, 15) is 0 Å². The fourth-order valence-electron chi connectivity index (χ4n) is 2.61. The third kappa shape index (κ3) is 2.88. The van der Waals surface area contributed by atoms with Gasteiger partial charge in [-0.05, 0) is 24.5 Å². The Morgan fingerprint density at radius 3 is 3.16 bits per heavy atom. The monoisotopic (exact) mass is 261 g/mol.